The number of aryl methyl sites for hydroxylation is 3. The van der Waals surface area contributed by atoms with E-state index in [2.05, 4.69) is 0 Å². The van der Waals surface area contributed by atoms with Crippen LogP contribution in [0.5, 0.6) is 0 Å². The Kier molecular flexibility index (Phi) is 4.79. The number of fused-ring (bicyclic) bond motifs is 2. The minimum Gasteiger partial charge on any atom is -0.450 e. The molecule has 0 fully saturated rings. The summed E-state index contributed by atoms with van der Waals surface area (Å²) < 4.78 is 6.04. The summed E-state index contributed by atoms with van der Waals surface area (Å²) in [6.07, 6.45) is 0. The molecule has 5 heteroatoms. The standard InChI is InChI=1S/C24H26N2O3/c1-14-6-8-17(9-7-14)21-20-22(27)18-12-15(2)16(3)13-19(18)29-23(20)24(28)26(21)11-10-25(4)5/h6-9,12-13,21H,10-11H2,1-5H3/t21-/m1/s1. The van der Waals surface area contributed by atoms with E-state index >= 15 is 0 Å². The Morgan fingerprint density at radius 2 is 1.66 bits per heavy atom. The van der Waals surface area contributed by atoms with E-state index in [9.17, 15) is 9.59 Å². The largest absolute Gasteiger partial charge is 0.450 e. The first-order valence-electron chi connectivity index (χ1n) is 9.88. The summed E-state index contributed by atoms with van der Waals surface area (Å²) in [5.41, 5.74) is 4.94. The quantitative estimate of drug-likeness (QED) is 0.680. The van der Waals surface area contributed by atoms with Crippen LogP contribution in [0.25, 0.3) is 11.0 Å². The fourth-order valence-corrected chi connectivity index (χ4v) is 3.91. The van der Waals surface area contributed by atoms with Gasteiger partial charge in [-0.15, -0.1) is 0 Å². The van der Waals surface area contributed by atoms with Gasteiger partial charge in [-0.1, -0.05) is 29.8 Å². The number of hydrogen-bond donors (Lipinski definition) is 0. The Hall–Kier alpha value is -2.92. The zero-order valence-corrected chi connectivity index (χ0v) is 17.6. The van der Waals surface area contributed by atoms with E-state index in [1.807, 2.05) is 76.2 Å². The average molecular weight is 390 g/mol. The molecule has 0 aliphatic carbocycles. The second-order valence-corrected chi connectivity index (χ2v) is 8.22. The Morgan fingerprint density at radius 1 is 1.00 bits per heavy atom. The number of amides is 1. The molecular formula is C24H26N2O3. The number of likely N-dealkylation sites (N-methyl/N-ethyl adjacent to an activating group) is 1. The third-order valence-corrected chi connectivity index (χ3v) is 5.76. The van der Waals surface area contributed by atoms with Crippen molar-refractivity contribution in [1.29, 1.82) is 0 Å². The van der Waals surface area contributed by atoms with Gasteiger partial charge in [0.25, 0.3) is 5.91 Å². The topological polar surface area (TPSA) is 53.8 Å². The van der Waals surface area contributed by atoms with Crippen LogP contribution in [-0.2, 0) is 0 Å². The van der Waals surface area contributed by atoms with Crippen LogP contribution in [-0.4, -0.2) is 42.9 Å². The Morgan fingerprint density at radius 3 is 2.31 bits per heavy atom. The summed E-state index contributed by atoms with van der Waals surface area (Å²) >= 11 is 0. The molecule has 4 rings (SSSR count). The number of rotatable bonds is 4. The molecule has 0 radical (unpaired) electrons. The van der Waals surface area contributed by atoms with Gasteiger partial charge in [-0.05, 0) is 63.7 Å². The van der Waals surface area contributed by atoms with Crippen LogP contribution < -0.4 is 5.43 Å². The molecule has 150 valence electrons. The van der Waals surface area contributed by atoms with Crippen molar-refractivity contribution in [2.24, 2.45) is 0 Å². The monoisotopic (exact) mass is 390 g/mol. The fourth-order valence-electron chi connectivity index (χ4n) is 3.91. The van der Waals surface area contributed by atoms with Crippen molar-refractivity contribution < 1.29 is 9.21 Å². The van der Waals surface area contributed by atoms with E-state index in [0.29, 0.717) is 29.6 Å². The summed E-state index contributed by atoms with van der Waals surface area (Å²) in [7, 11) is 3.94. The van der Waals surface area contributed by atoms with Gasteiger partial charge in [0, 0.05) is 13.1 Å². The number of benzene rings is 2. The van der Waals surface area contributed by atoms with Gasteiger partial charge >= 0.3 is 0 Å². The van der Waals surface area contributed by atoms with Gasteiger partial charge < -0.3 is 14.2 Å². The highest BCUT2D eigenvalue weighted by atomic mass is 16.3. The molecule has 2 heterocycles. The molecular weight excluding hydrogens is 364 g/mol. The lowest BCUT2D eigenvalue weighted by Crippen LogP contribution is -2.35. The molecule has 1 amide bonds. The van der Waals surface area contributed by atoms with Gasteiger partial charge in [0.15, 0.2) is 5.43 Å². The van der Waals surface area contributed by atoms with E-state index in [-0.39, 0.29) is 17.1 Å². The maximum Gasteiger partial charge on any atom is 0.290 e. The molecule has 29 heavy (non-hydrogen) atoms. The average Bonchev–Trinajstić information content (AvgIpc) is 2.95. The third kappa shape index (κ3) is 3.25. The molecule has 0 unspecified atom stereocenters. The lowest BCUT2D eigenvalue weighted by atomic mass is 9.97. The van der Waals surface area contributed by atoms with E-state index in [1.54, 1.807) is 4.90 Å². The maximum atomic E-state index is 13.5. The van der Waals surface area contributed by atoms with Crippen molar-refractivity contribution in [1.82, 2.24) is 9.80 Å². The first-order valence-corrected chi connectivity index (χ1v) is 9.88. The predicted octanol–water partition coefficient (Wildman–Crippen LogP) is 3.83. The van der Waals surface area contributed by atoms with E-state index in [0.717, 1.165) is 22.3 Å². The van der Waals surface area contributed by atoms with Crippen LogP contribution >= 0.6 is 0 Å². The van der Waals surface area contributed by atoms with Crippen molar-refractivity contribution in [2.45, 2.75) is 26.8 Å². The Labute approximate surface area is 170 Å². The second-order valence-electron chi connectivity index (χ2n) is 8.22. The van der Waals surface area contributed by atoms with Crippen LogP contribution in [0.15, 0.2) is 45.6 Å². The lowest BCUT2D eigenvalue weighted by molar-refractivity contribution is 0.0716. The van der Waals surface area contributed by atoms with Crippen molar-refractivity contribution in [3.05, 3.63) is 80.2 Å². The highest BCUT2D eigenvalue weighted by molar-refractivity contribution is 5.99. The molecule has 1 aliphatic heterocycles. The van der Waals surface area contributed by atoms with Crippen LogP contribution in [0.3, 0.4) is 0 Å². The molecule has 1 aliphatic rings. The van der Waals surface area contributed by atoms with Gasteiger partial charge in [-0.2, -0.15) is 0 Å². The number of carbonyl (C=O) groups excluding carboxylic acids is 1. The first kappa shape index (κ1) is 19.4. The van der Waals surface area contributed by atoms with E-state index in [1.165, 1.54) is 0 Å². The van der Waals surface area contributed by atoms with Gasteiger partial charge in [-0.3, -0.25) is 9.59 Å². The minimum absolute atomic E-state index is 0.115. The van der Waals surface area contributed by atoms with E-state index < -0.39 is 6.04 Å². The van der Waals surface area contributed by atoms with Crippen molar-refractivity contribution in [3.8, 4) is 0 Å². The highest BCUT2D eigenvalue weighted by Gasteiger charge is 2.42. The SMILES string of the molecule is Cc1ccc([C@@H]2c3c(oc4cc(C)c(C)cc4c3=O)C(=O)N2CCN(C)C)cc1. The number of carbonyl (C=O) groups is 1. The molecule has 0 N–H and O–H groups in total. The van der Waals surface area contributed by atoms with Crippen LogP contribution in [0.1, 0.15) is 44.4 Å². The number of hydrogen-bond acceptors (Lipinski definition) is 4. The molecule has 0 bridgehead atoms. The van der Waals surface area contributed by atoms with Crippen LogP contribution in [0, 0.1) is 20.8 Å². The summed E-state index contributed by atoms with van der Waals surface area (Å²) in [6, 6.07) is 11.3. The minimum atomic E-state index is -0.430. The molecule has 0 saturated carbocycles. The molecule has 1 atom stereocenters. The third-order valence-electron chi connectivity index (χ3n) is 5.76. The first-order chi connectivity index (χ1) is 13.8. The summed E-state index contributed by atoms with van der Waals surface area (Å²) in [6.45, 7) is 7.19. The van der Waals surface area contributed by atoms with Gasteiger partial charge in [0.2, 0.25) is 5.76 Å². The zero-order valence-electron chi connectivity index (χ0n) is 17.6. The highest BCUT2D eigenvalue weighted by Crippen LogP contribution is 2.38. The smallest absolute Gasteiger partial charge is 0.290 e. The van der Waals surface area contributed by atoms with Crippen molar-refractivity contribution in [3.63, 3.8) is 0 Å². The molecule has 3 aromatic rings. The molecule has 0 saturated heterocycles. The summed E-state index contributed by atoms with van der Waals surface area (Å²) in [5.74, 6) is -0.0419. The van der Waals surface area contributed by atoms with Crippen molar-refractivity contribution >= 4 is 16.9 Å². The number of nitrogens with zero attached hydrogens (tertiary/aromatic N) is 2. The predicted molar refractivity (Wildman–Crippen MR) is 115 cm³/mol. The molecule has 2 aromatic carbocycles. The van der Waals surface area contributed by atoms with Crippen molar-refractivity contribution in [2.75, 3.05) is 27.2 Å². The summed E-state index contributed by atoms with van der Waals surface area (Å²) in [5, 5.41) is 0.534. The molecule has 1 aromatic heterocycles. The summed E-state index contributed by atoms with van der Waals surface area (Å²) in [4.78, 5) is 30.6. The normalized spacial score (nSPS) is 16.1. The second kappa shape index (κ2) is 7.16. The Bertz CT molecular complexity index is 1160. The van der Waals surface area contributed by atoms with Crippen LogP contribution in [0.2, 0.25) is 0 Å². The molecule has 0 spiro atoms. The van der Waals surface area contributed by atoms with Gasteiger partial charge in [0.05, 0.1) is 17.0 Å². The van der Waals surface area contributed by atoms with Gasteiger partial charge in [0.1, 0.15) is 5.58 Å². The fraction of sp³-hybridized carbons (Fsp3) is 0.333. The zero-order chi connectivity index (χ0) is 20.9. The maximum absolute atomic E-state index is 13.5. The molecule has 5 nitrogen and oxygen atoms in total. The Balaban J connectivity index is 1.96. The van der Waals surface area contributed by atoms with Crippen LogP contribution in [0.4, 0.5) is 0 Å². The lowest BCUT2D eigenvalue weighted by Gasteiger charge is -2.26. The van der Waals surface area contributed by atoms with Gasteiger partial charge in [-0.25, -0.2) is 0 Å². The van der Waals surface area contributed by atoms with E-state index in [4.69, 9.17) is 4.42 Å².